The van der Waals surface area contributed by atoms with Crippen molar-refractivity contribution in [2.24, 2.45) is 0 Å². The van der Waals surface area contributed by atoms with Crippen LogP contribution in [0.25, 0.3) is 0 Å². The molecule has 8 nitrogen and oxygen atoms in total. The standard InChI is InChI=1S/C20H23F2N3O5S/c1-24(2)31(27,28)16-6-7-18(25-8-10-29-11-9-25)17(13-16)19(26)23-14-4-3-5-15(12-14)30-20(21)22/h3-7,12-13,20H,8-11H2,1-2H3,(H,23,26). The summed E-state index contributed by atoms with van der Waals surface area (Å²) in [5.41, 5.74) is 0.931. The molecule has 1 N–H and O–H groups in total. The Labute approximate surface area is 179 Å². The predicted octanol–water partition coefficient (Wildman–Crippen LogP) is 2.63. The number of ether oxygens (including phenoxy) is 2. The van der Waals surface area contributed by atoms with Gasteiger partial charge in [0.15, 0.2) is 0 Å². The van der Waals surface area contributed by atoms with Crippen LogP contribution in [0.1, 0.15) is 10.4 Å². The first-order chi connectivity index (χ1) is 14.7. The van der Waals surface area contributed by atoms with E-state index in [1.807, 2.05) is 4.90 Å². The minimum atomic E-state index is -3.77. The van der Waals surface area contributed by atoms with Crippen molar-refractivity contribution in [3.63, 3.8) is 0 Å². The van der Waals surface area contributed by atoms with Gasteiger partial charge in [-0.3, -0.25) is 4.79 Å². The zero-order valence-electron chi connectivity index (χ0n) is 17.0. The first-order valence-electron chi connectivity index (χ1n) is 9.44. The number of hydrogen-bond acceptors (Lipinski definition) is 6. The van der Waals surface area contributed by atoms with Crippen LogP contribution in [-0.4, -0.2) is 65.6 Å². The zero-order chi connectivity index (χ0) is 22.6. The SMILES string of the molecule is CN(C)S(=O)(=O)c1ccc(N2CCOCC2)c(C(=O)Nc2cccc(OC(F)F)c2)c1. The van der Waals surface area contributed by atoms with Crippen molar-refractivity contribution in [1.82, 2.24) is 4.31 Å². The summed E-state index contributed by atoms with van der Waals surface area (Å²) in [6.45, 7) is -0.959. The van der Waals surface area contributed by atoms with E-state index in [0.717, 1.165) is 4.31 Å². The normalized spacial score (nSPS) is 14.7. The number of alkyl halides is 2. The van der Waals surface area contributed by atoms with Crippen molar-refractivity contribution in [2.45, 2.75) is 11.5 Å². The van der Waals surface area contributed by atoms with Crippen molar-refractivity contribution >= 4 is 27.3 Å². The van der Waals surface area contributed by atoms with E-state index in [9.17, 15) is 22.0 Å². The van der Waals surface area contributed by atoms with Gasteiger partial charge < -0.3 is 19.7 Å². The molecule has 3 rings (SSSR count). The minimum Gasteiger partial charge on any atom is -0.435 e. The monoisotopic (exact) mass is 455 g/mol. The van der Waals surface area contributed by atoms with Crippen LogP contribution in [0.2, 0.25) is 0 Å². The second-order valence-electron chi connectivity index (χ2n) is 6.93. The summed E-state index contributed by atoms with van der Waals surface area (Å²) in [5, 5.41) is 2.63. The fraction of sp³-hybridized carbons (Fsp3) is 0.350. The highest BCUT2D eigenvalue weighted by Gasteiger charge is 2.24. The molecule has 1 aliphatic rings. The maximum absolute atomic E-state index is 13.1. The highest BCUT2D eigenvalue weighted by molar-refractivity contribution is 7.89. The van der Waals surface area contributed by atoms with Crippen LogP contribution >= 0.6 is 0 Å². The van der Waals surface area contributed by atoms with E-state index in [0.29, 0.717) is 32.0 Å². The summed E-state index contributed by atoms with van der Waals surface area (Å²) < 4.78 is 60.9. The largest absolute Gasteiger partial charge is 0.435 e. The third-order valence-corrected chi connectivity index (χ3v) is 6.47. The van der Waals surface area contributed by atoms with E-state index in [4.69, 9.17) is 4.74 Å². The van der Waals surface area contributed by atoms with Crippen LogP contribution < -0.4 is 15.0 Å². The molecule has 2 aromatic rings. The molecule has 2 aromatic carbocycles. The molecule has 11 heteroatoms. The smallest absolute Gasteiger partial charge is 0.387 e. The van der Waals surface area contributed by atoms with Crippen LogP contribution in [0.5, 0.6) is 5.75 Å². The number of benzene rings is 2. The predicted molar refractivity (Wildman–Crippen MR) is 111 cm³/mol. The molecule has 0 unspecified atom stereocenters. The maximum atomic E-state index is 13.1. The van der Waals surface area contributed by atoms with Crippen LogP contribution in [0.15, 0.2) is 47.4 Å². The number of carbonyl (C=O) groups excluding carboxylic acids is 1. The Kier molecular flexibility index (Phi) is 7.08. The van der Waals surface area contributed by atoms with Crippen molar-refractivity contribution in [3.8, 4) is 5.75 Å². The summed E-state index contributed by atoms with van der Waals surface area (Å²) in [4.78, 5) is 15.0. The van der Waals surface area contributed by atoms with Crippen molar-refractivity contribution in [3.05, 3.63) is 48.0 Å². The summed E-state index contributed by atoms with van der Waals surface area (Å²) in [5.74, 6) is -0.684. The van der Waals surface area contributed by atoms with Gasteiger partial charge in [-0.1, -0.05) is 6.07 Å². The second-order valence-corrected chi connectivity index (χ2v) is 9.08. The number of nitrogens with zero attached hydrogens (tertiary/aromatic N) is 2. The van der Waals surface area contributed by atoms with Gasteiger partial charge in [-0.2, -0.15) is 8.78 Å². The molecular weight excluding hydrogens is 432 g/mol. The Bertz CT molecular complexity index is 1040. The first kappa shape index (κ1) is 22.9. The molecule has 1 amide bonds. The third kappa shape index (κ3) is 5.49. The molecule has 1 heterocycles. The third-order valence-electron chi connectivity index (χ3n) is 4.66. The first-order valence-corrected chi connectivity index (χ1v) is 10.9. The highest BCUT2D eigenvalue weighted by Crippen LogP contribution is 2.28. The Hall–Kier alpha value is -2.76. The molecule has 31 heavy (non-hydrogen) atoms. The number of amides is 1. The lowest BCUT2D eigenvalue weighted by molar-refractivity contribution is -0.0498. The number of nitrogens with one attached hydrogen (secondary N) is 1. The number of hydrogen-bond donors (Lipinski definition) is 1. The molecule has 168 valence electrons. The topological polar surface area (TPSA) is 88.2 Å². The average Bonchev–Trinajstić information content (AvgIpc) is 2.73. The molecule has 0 aliphatic carbocycles. The van der Waals surface area contributed by atoms with Gasteiger partial charge in [0.1, 0.15) is 5.75 Å². The summed E-state index contributed by atoms with van der Waals surface area (Å²) in [7, 11) is -0.962. The Balaban J connectivity index is 1.97. The highest BCUT2D eigenvalue weighted by atomic mass is 32.2. The molecule has 0 aromatic heterocycles. The Morgan fingerprint density at radius 3 is 2.52 bits per heavy atom. The van der Waals surface area contributed by atoms with E-state index in [-0.39, 0.29) is 21.9 Å². The maximum Gasteiger partial charge on any atom is 0.387 e. The van der Waals surface area contributed by atoms with E-state index in [1.54, 1.807) is 6.07 Å². The van der Waals surface area contributed by atoms with E-state index >= 15 is 0 Å². The number of sulfonamides is 1. The lowest BCUT2D eigenvalue weighted by atomic mass is 10.1. The summed E-state index contributed by atoms with van der Waals surface area (Å²) in [6.07, 6.45) is 0. The quantitative estimate of drug-likeness (QED) is 0.691. The zero-order valence-corrected chi connectivity index (χ0v) is 17.9. The van der Waals surface area contributed by atoms with Crippen LogP contribution in [0.3, 0.4) is 0 Å². The van der Waals surface area contributed by atoms with Crippen molar-refractivity contribution < 1.29 is 31.5 Å². The van der Waals surface area contributed by atoms with Crippen molar-refractivity contribution in [1.29, 1.82) is 0 Å². The van der Waals surface area contributed by atoms with Crippen LogP contribution in [-0.2, 0) is 14.8 Å². The van der Waals surface area contributed by atoms with Gasteiger partial charge in [-0.05, 0) is 30.3 Å². The summed E-state index contributed by atoms with van der Waals surface area (Å²) in [6, 6.07) is 9.94. The fourth-order valence-corrected chi connectivity index (χ4v) is 4.03. The van der Waals surface area contributed by atoms with Gasteiger partial charge in [0, 0.05) is 44.6 Å². The molecule has 0 saturated carbocycles. The molecule has 0 radical (unpaired) electrons. The molecule has 0 bridgehead atoms. The average molecular weight is 455 g/mol. The van der Waals surface area contributed by atoms with Crippen LogP contribution in [0, 0.1) is 0 Å². The van der Waals surface area contributed by atoms with Gasteiger partial charge in [-0.15, -0.1) is 0 Å². The fourth-order valence-electron chi connectivity index (χ4n) is 3.10. The van der Waals surface area contributed by atoms with E-state index in [1.165, 1.54) is 50.5 Å². The van der Waals surface area contributed by atoms with Gasteiger partial charge in [-0.25, -0.2) is 12.7 Å². The lowest BCUT2D eigenvalue weighted by Crippen LogP contribution is -2.37. The second kappa shape index (κ2) is 9.58. The van der Waals surface area contributed by atoms with E-state index < -0.39 is 22.5 Å². The minimum absolute atomic E-state index is 0.0329. The summed E-state index contributed by atoms with van der Waals surface area (Å²) >= 11 is 0. The number of rotatable bonds is 7. The molecule has 1 aliphatic heterocycles. The van der Waals surface area contributed by atoms with E-state index in [2.05, 4.69) is 10.1 Å². The molecule has 1 fully saturated rings. The molecular formula is C20H23F2N3O5S. The van der Waals surface area contributed by atoms with Crippen LogP contribution in [0.4, 0.5) is 20.2 Å². The van der Waals surface area contributed by atoms with Gasteiger partial charge in [0.05, 0.1) is 23.7 Å². The number of morpholine rings is 1. The number of halogens is 2. The number of carbonyl (C=O) groups is 1. The molecule has 0 spiro atoms. The van der Waals surface area contributed by atoms with Crippen molar-refractivity contribution in [2.75, 3.05) is 50.6 Å². The van der Waals surface area contributed by atoms with Gasteiger partial charge >= 0.3 is 6.61 Å². The molecule has 0 atom stereocenters. The lowest BCUT2D eigenvalue weighted by Gasteiger charge is -2.30. The Morgan fingerprint density at radius 1 is 1.16 bits per heavy atom. The van der Waals surface area contributed by atoms with Gasteiger partial charge in [0.25, 0.3) is 5.91 Å². The Morgan fingerprint density at radius 2 is 1.87 bits per heavy atom. The number of anilines is 2. The molecule has 1 saturated heterocycles. The van der Waals surface area contributed by atoms with Gasteiger partial charge in [0.2, 0.25) is 10.0 Å².